The van der Waals surface area contributed by atoms with Gasteiger partial charge in [-0.3, -0.25) is 9.52 Å². The SMILES string of the molecule is NC(=O)c1cc(N2CCCCC2)ccc1NS(=O)(=O)Cc1cc(Cl)cc(Cl)c1. The molecule has 0 unspecified atom stereocenters. The molecule has 150 valence electrons. The van der Waals surface area contributed by atoms with E-state index in [1.165, 1.54) is 24.6 Å². The van der Waals surface area contributed by atoms with Crippen molar-refractivity contribution in [2.75, 3.05) is 22.7 Å². The normalized spacial score (nSPS) is 14.7. The number of primary amides is 1. The van der Waals surface area contributed by atoms with E-state index < -0.39 is 15.9 Å². The molecule has 3 N–H and O–H groups in total. The molecular formula is C19H21Cl2N3O3S. The molecule has 1 amide bonds. The Bertz CT molecular complexity index is 970. The molecule has 3 rings (SSSR count). The lowest BCUT2D eigenvalue weighted by atomic mass is 10.1. The molecule has 9 heteroatoms. The highest BCUT2D eigenvalue weighted by molar-refractivity contribution is 7.91. The Labute approximate surface area is 174 Å². The molecule has 0 spiro atoms. The molecule has 0 saturated carbocycles. The van der Waals surface area contributed by atoms with Gasteiger partial charge in [-0.25, -0.2) is 8.42 Å². The van der Waals surface area contributed by atoms with Crippen LogP contribution in [-0.2, 0) is 15.8 Å². The number of carbonyl (C=O) groups is 1. The first-order valence-corrected chi connectivity index (χ1v) is 11.3. The molecule has 0 bridgehead atoms. The number of anilines is 2. The standard InChI is InChI=1S/C19H21Cl2N3O3S/c20-14-8-13(9-15(21)10-14)12-28(26,27)23-18-5-4-16(11-17(18)19(22)25)24-6-2-1-3-7-24/h4-5,8-11,23H,1-3,6-7,12H2,(H2,22,25). The second-order valence-corrected chi connectivity index (χ2v) is 9.38. The van der Waals surface area contributed by atoms with Crippen molar-refractivity contribution in [1.29, 1.82) is 0 Å². The number of hydrogen-bond donors (Lipinski definition) is 2. The Morgan fingerprint density at radius 3 is 2.29 bits per heavy atom. The quantitative estimate of drug-likeness (QED) is 0.707. The summed E-state index contributed by atoms with van der Waals surface area (Å²) in [7, 11) is -3.80. The van der Waals surface area contributed by atoms with Gasteiger partial charge < -0.3 is 10.6 Å². The molecule has 1 fully saturated rings. The number of benzene rings is 2. The third kappa shape index (κ3) is 5.31. The molecule has 0 aliphatic carbocycles. The predicted octanol–water partition coefficient (Wildman–Crippen LogP) is 4.02. The maximum absolute atomic E-state index is 12.6. The van der Waals surface area contributed by atoms with E-state index in [2.05, 4.69) is 9.62 Å². The lowest BCUT2D eigenvalue weighted by Crippen LogP contribution is -2.30. The Hall–Kier alpha value is -1.96. The molecule has 2 aromatic carbocycles. The van der Waals surface area contributed by atoms with Crippen LogP contribution in [0.2, 0.25) is 10.0 Å². The molecule has 28 heavy (non-hydrogen) atoms. The number of piperidine rings is 1. The zero-order valence-electron chi connectivity index (χ0n) is 15.1. The summed E-state index contributed by atoms with van der Waals surface area (Å²) < 4.78 is 27.6. The van der Waals surface area contributed by atoms with Crippen LogP contribution in [0.4, 0.5) is 11.4 Å². The van der Waals surface area contributed by atoms with Crippen molar-refractivity contribution in [2.24, 2.45) is 5.73 Å². The number of nitrogens with one attached hydrogen (secondary N) is 1. The number of hydrogen-bond acceptors (Lipinski definition) is 4. The smallest absolute Gasteiger partial charge is 0.250 e. The molecule has 1 aliphatic heterocycles. The minimum atomic E-state index is -3.80. The molecule has 1 aliphatic rings. The lowest BCUT2D eigenvalue weighted by Gasteiger charge is -2.29. The van der Waals surface area contributed by atoms with Crippen LogP contribution in [0, 0.1) is 0 Å². The van der Waals surface area contributed by atoms with Crippen LogP contribution in [0.25, 0.3) is 0 Å². The summed E-state index contributed by atoms with van der Waals surface area (Å²) >= 11 is 11.9. The van der Waals surface area contributed by atoms with E-state index in [1.54, 1.807) is 18.2 Å². The maximum atomic E-state index is 12.6. The zero-order chi connectivity index (χ0) is 20.3. The number of halogens is 2. The van der Waals surface area contributed by atoms with Gasteiger partial charge >= 0.3 is 0 Å². The van der Waals surface area contributed by atoms with Gasteiger partial charge in [-0.2, -0.15) is 0 Å². The maximum Gasteiger partial charge on any atom is 0.250 e. The third-order valence-electron chi connectivity index (χ3n) is 4.53. The van der Waals surface area contributed by atoms with Gasteiger partial charge in [0.2, 0.25) is 10.0 Å². The second-order valence-electron chi connectivity index (χ2n) is 6.78. The highest BCUT2D eigenvalue weighted by Gasteiger charge is 2.19. The van der Waals surface area contributed by atoms with Gasteiger partial charge in [-0.1, -0.05) is 23.2 Å². The molecule has 0 radical (unpaired) electrons. The fraction of sp³-hybridized carbons (Fsp3) is 0.316. The van der Waals surface area contributed by atoms with Crippen molar-refractivity contribution < 1.29 is 13.2 Å². The first kappa shape index (κ1) is 20.8. The highest BCUT2D eigenvalue weighted by Crippen LogP contribution is 2.27. The number of nitrogens with zero attached hydrogens (tertiary/aromatic N) is 1. The fourth-order valence-corrected chi connectivity index (χ4v) is 5.05. The number of carbonyl (C=O) groups excluding carboxylic acids is 1. The number of rotatable bonds is 6. The van der Waals surface area contributed by atoms with Gasteiger partial charge in [0.1, 0.15) is 0 Å². The van der Waals surface area contributed by atoms with Crippen LogP contribution >= 0.6 is 23.2 Å². The van der Waals surface area contributed by atoms with Crippen molar-refractivity contribution in [2.45, 2.75) is 25.0 Å². The first-order chi connectivity index (χ1) is 13.2. The zero-order valence-corrected chi connectivity index (χ0v) is 17.4. The first-order valence-electron chi connectivity index (χ1n) is 8.88. The molecule has 2 aromatic rings. The van der Waals surface area contributed by atoms with E-state index in [-0.39, 0.29) is 17.0 Å². The molecule has 0 aromatic heterocycles. The van der Waals surface area contributed by atoms with Gasteiger partial charge in [-0.15, -0.1) is 0 Å². The third-order valence-corrected chi connectivity index (χ3v) is 6.22. The number of sulfonamides is 1. The van der Waals surface area contributed by atoms with Crippen molar-refractivity contribution in [3.05, 3.63) is 57.6 Å². The van der Waals surface area contributed by atoms with Gasteiger partial charge in [0, 0.05) is 28.8 Å². The van der Waals surface area contributed by atoms with Crippen molar-refractivity contribution in [3.63, 3.8) is 0 Å². The topological polar surface area (TPSA) is 92.5 Å². The van der Waals surface area contributed by atoms with Crippen LogP contribution in [0.5, 0.6) is 0 Å². The minimum absolute atomic E-state index is 0.135. The average Bonchev–Trinajstić information content (AvgIpc) is 2.61. The van der Waals surface area contributed by atoms with E-state index >= 15 is 0 Å². The van der Waals surface area contributed by atoms with E-state index in [0.717, 1.165) is 31.6 Å². The predicted molar refractivity (Wildman–Crippen MR) is 114 cm³/mol. The monoisotopic (exact) mass is 441 g/mol. The molecule has 1 saturated heterocycles. The Kier molecular flexibility index (Phi) is 6.37. The van der Waals surface area contributed by atoms with Crippen molar-refractivity contribution >= 4 is 50.5 Å². The number of nitrogens with two attached hydrogens (primary N) is 1. The van der Waals surface area contributed by atoms with E-state index in [1.807, 2.05) is 0 Å². The Balaban J connectivity index is 1.84. The summed E-state index contributed by atoms with van der Waals surface area (Å²) in [5.41, 5.74) is 7.09. The molecule has 1 heterocycles. The summed E-state index contributed by atoms with van der Waals surface area (Å²) in [6.07, 6.45) is 3.36. The lowest BCUT2D eigenvalue weighted by molar-refractivity contribution is 0.100. The minimum Gasteiger partial charge on any atom is -0.372 e. The second kappa shape index (κ2) is 8.59. The highest BCUT2D eigenvalue weighted by atomic mass is 35.5. The van der Waals surface area contributed by atoms with E-state index in [4.69, 9.17) is 28.9 Å². The largest absolute Gasteiger partial charge is 0.372 e. The summed E-state index contributed by atoms with van der Waals surface area (Å²) in [5.74, 6) is -1.03. The van der Waals surface area contributed by atoms with Gasteiger partial charge in [0.25, 0.3) is 5.91 Å². The van der Waals surface area contributed by atoms with Crippen LogP contribution < -0.4 is 15.4 Å². The van der Waals surface area contributed by atoms with Crippen LogP contribution in [-0.4, -0.2) is 27.4 Å². The van der Waals surface area contributed by atoms with Crippen LogP contribution in [0.3, 0.4) is 0 Å². The molecule has 6 nitrogen and oxygen atoms in total. The summed E-state index contributed by atoms with van der Waals surface area (Å²) in [4.78, 5) is 14.1. The summed E-state index contributed by atoms with van der Waals surface area (Å²) in [5, 5.41) is 0.697. The van der Waals surface area contributed by atoms with Crippen molar-refractivity contribution in [3.8, 4) is 0 Å². The molecule has 0 atom stereocenters. The summed E-state index contributed by atoms with van der Waals surface area (Å²) in [6.45, 7) is 1.80. The van der Waals surface area contributed by atoms with Crippen LogP contribution in [0.1, 0.15) is 35.2 Å². The Morgan fingerprint density at radius 2 is 1.68 bits per heavy atom. The average molecular weight is 442 g/mol. The van der Waals surface area contributed by atoms with Gasteiger partial charge in [-0.05, 0) is 61.2 Å². The van der Waals surface area contributed by atoms with E-state index in [0.29, 0.717) is 15.6 Å². The van der Waals surface area contributed by atoms with Gasteiger partial charge in [0.15, 0.2) is 0 Å². The number of amides is 1. The Morgan fingerprint density at radius 1 is 1.04 bits per heavy atom. The fourth-order valence-electron chi connectivity index (χ4n) is 3.29. The van der Waals surface area contributed by atoms with Crippen LogP contribution in [0.15, 0.2) is 36.4 Å². The van der Waals surface area contributed by atoms with Gasteiger partial charge in [0.05, 0.1) is 17.0 Å². The summed E-state index contributed by atoms with van der Waals surface area (Å²) in [6, 6.07) is 9.60. The van der Waals surface area contributed by atoms with E-state index in [9.17, 15) is 13.2 Å². The van der Waals surface area contributed by atoms with Crippen molar-refractivity contribution in [1.82, 2.24) is 0 Å². The molecular weight excluding hydrogens is 421 g/mol.